The van der Waals surface area contributed by atoms with Crippen molar-refractivity contribution in [3.8, 4) is 0 Å². The molecule has 0 bridgehead atoms. The zero-order valence-corrected chi connectivity index (χ0v) is 19.6. The smallest absolute Gasteiger partial charge is 0.247 e. The summed E-state index contributed by atoms with van der Waals surface area (Å²) >= 11 is 5.98. The van der Waals surface area contributed by atoms with E-state index in [0.717, 1.165) is 48.9 Å². The summed E-state index contributed by atoms with van der Waals surface area (Å²) in [7, 11) is 2.14. The fraction of sp³-hybridized carbons (Fsp3) is 0.308. The van der Waals surface area contributed by atoms with E-state index >= 15 is 0 Å². The van der Waals surface area contributed by atoms with Crippen LogP contribution in [0, 0.1) is 0 Å². The molecule has 6 nitrogen and oxygen atoms in total. The molecule has 33 heavy (non-hydrogen) atoms. The number of amides is 1. The third-order valence-electron chi connectivity index (χ3n) is 5.94. The van der Waals surface area contributed by atoms with Gasteiger partial charge in [-0.3, -0.25) is 4.79 Å². The molecule has 0 aliphatic carbocycles. The number of piperazine rings is 1. The minimum atomic E-state index is -0.474. The van der Waals surface area contributed by atoms with Gasteiger partial charge in [0, 0.05) is 37.7 Å². The molecule has 2 aromatic carbocycles. The van der Waals surface area contributed by atoms with Crippen LogP contribution in [-0.2, 0) is 11.2 Å². The third-order valence-corrected chi connectivity index (χ3v) is 6.19. The van der Waals surface area contributed by atoms with Crippen LogP contribution in [0.25, 0.3) is 0 Å². The highest BCUT2D eigenvalue weighted by atomic mass is 35.5. The normalized spacial score (nSPS) is 15.3. The highest BCUT2D eigenvalue weighted by Gasteiger charge is 2.21. The van der Waals surface area contributed by atoms with E-state index in [0.29, 0.717) is 12.4 Å². The van der Waals surface area contributed by atoms with Crippen molar-refractivity contribution in [2.24, 2.45) is 0 Å². The number of aromatic nitrogens is 1. The highest BCUT2D eigenvalue weighted by Crippen LogP contribution is 2.19. The Labute approximate surface area is 200 Å². The van der Waals surface area contributed by atoms with Crippen molar-refractivity contribution in [3.05, 3.63) is 89.1 Å². The largest absolute Gasteiger partial charge is 0.368 e. The molecule has 0 spiro atoms. The molecule has 1 fully saturated rings. The molecule has 1 atom stereocenters. The van der Waals surface area contributed by atoms with Crippen molar-refractivity contribution in [1.29, 1.82) is 0 Å². The minimum absolute atomic E-state index is 0.128. The number of halogens is 1. The number of hydrogen-bond donors (Lipinski definition) is 2. The van der Waals surface area contributed by atoms with Gasteiger partial charge in [-0.15, -0.1) is 0 Å². The molecule has 1 aliphatic heterocycles. The van der Waals surface area contributed by atoms with E-state index in [2.05, 4.69) is 32.5 Å². The van der Waals surface area contributed by atoms with Gasteiger partial charge in [-0.2, -0.15) is 0 Å². The van der Waals surface area contributed by atoms with Crippen LogP contribution in [0.2, 0.25) is 5.02 Å². The van der Waals surface area contributed by atoms with E-state index in [9.17, 15) is 4.79 Å². The lowest BCUT2D eigenvalue weighted by molar-refractivity contribution is -0.118. The van der Waals surface area contributed by atoms with Crippen molar-refractivity contribution >= 4 is 29.0 Å². The Hall–Kier alpha value is -2.93. The molecular weight excluding hydrogens is 434 g/mol. The Kier molecular flexibility index (Phi) is 7.94. The van der Waals surface area contributed by atoms with Gasteiger partial charge in [0.2, 0.25) is 5.91 Å². The molecule has 4 rings (SSSR count). The third kappa shape index (κ3) is 6.54. The van der Waals surface area contributed by atoms with Crippen molar-refractivity contribution in [1.82, 2.24) is 15.2 Å². The molecule has 3 aromatic rings. The van der Waals surface area contributed by atoms with Crippen LogP contribution in [0.15, 0.2) is 72.9 Å². The average molecular weight is 464 g/mol. The first kappa shape index (κ1) is 23.2. The van der Waals surface area contributed by atoms with E-state index in [4.69, 9.17) is 11.6 Å². The maximum Gasteiger partial charge on any atom is 0.247 e. The van der Waals surface area contributed by atoms with Crippen LogP contribution in [0.1, 0.15) is 17.2 Å². The van der Waals surface area contributed by atoms with Gasteiger partial charge in [0.1, 0.15) is 11.9 Å². The predicted molar refractivity (Wildman–Crippen MR) is 135 cm³/mol. The van der Waals surface area contributed by atoms with Gasteiger partial charge >= 0.3 is 0 Å². The lowest BCUT2D eigenvalue weighted by Crippen LogP contribution is -2.44. The fourth-order valence-electron chi connectivity index (χ4n) is 3.93. The van der Waals surface area contributed by atoms with Crippen LogP contribution >= 0.6 is 11.6 Å². The number of carbonyl (C=O) groups excluding carboxylic acids is 1. The lowest BCUT2D eigenvalue weighted by atomic mass is 10.1. The second kappa shape index (κ2) is 11.3. The Bertz CT molecular complexity index is 1020. The van der Waals surface area contributed by atoms with Crippen molar-refractivity contribution in [3.63, 3.8) is 0 Å². The molecule has 2 heterocycles. The molecule has 172 valence electrons. The molecule has 0 radical (unpaired) electrons. The summed E-state index contributed by atoms with van der Waals surface area (Å²) < 4.78 is 0. The number of anilines is 2. The molecule has 1 aromatic heterocycles. The van der Waals surface area contributed by atoms with Crippen LogP contribution in [0.3, 0.4) is 0 Å². The van der Waals surface area contributed by atoms with Gasteiger partial charge in [-0.05, 0) is 48.9 Å². The van der Waals surface area contributed by atoms with Gasteiger partial charge < -0.3 is 20.4 Å². The van der Waals surface area contributed by atoms with Gasteiger partial charge in [0.05, 0.1) is 11.9 Å². The van der Waals surface area contributed by atoms with Crippen LogP contribution in [-0.4, -0.2) is 55.6 Å². The van der Waals surface area contributed by atoms with Crippen molar-refractivity contribution in [2.75, 3.05) is 50.0 Å². The van der Waals surface area contributed by atoms with E-state index in [1.807, 2.05) is 72.9 Å². The fourth-order valence-corrected chi connectivity index (χ4v) is 4.06. The Morgan fingerprint density at radius 3 is 2.39 bits per heavy atom. The van der Waals surface area contributed by atoms with E-state index in [1.54, 1.807) is 0 Å². The van der Waals surface area contributed by atoms with Crippen molar-refractivity contribution < 1.29 is 4.79 Å². The first-order valence-corrected chi connectivity index (χ1v) is 11.7. The first-order valence-electron chi connectivity index (χ1n) is 11.3. The topological polar surface area (TPSA) is 60.5 Å². The van der Waals surface area contributed by atoms with Crippen LogP contribution in [0.5, 0.6) is 0 Å². The number of carbonyl (C=O) groups is 1. The summed E-state index contributed by atoms with van der Waals surface area (Å²) in [5, 5.41) is 7.10. The summed E-state index contributed by atoms with van der Waals surface area (Å²) in [6, 6.07) is 21.0. The standard InChI is InChI=1S/C26H30ClN5O/c1-31-15-17-32(18-16-31)23-11-12-24(29-19-23)30-26(33)25(21-5-3-2-4-6-21)28-14-13-20-7-9-22(27)10-8-20/h2-12,19,25,28H,13-18H2,1H3,(H,29,30,33)/t25-/m1/s1. The number of pyridine rings is 1. The predicted octanol–water partition coefficient (Wildman–Crippen LogP) is 4.00. The Morgan fingerprint density at radius 2 is 1.73 bits per heavy atom. The summed E-state index contributed by atoms with van der Waals surface area (Å²) in [5.74, 6) is 0.426. The minimum Gasteiger partial charge on any atom is -0.368 e. The van der Waals surface area contributed by atoms with Crippen LogP contribution in [0.4, 0.5) is 11.5 Å². The number of nitrogens with zero attached hydrogens (tertiary/aromatic N) is 3. The molecule has 0 unspecified atom stereocenters. The second-order valence-corrected chi connectivity index (χ2v) is 8.79. The van der Waals surface area contributed by atoms with E-state index < -0.39 is 6.04 Å². The number of nitrogens with one attached hydrogen (secondary N) is 2. The van der Waals surface area contributed by atoms with E-state index in [-0.39, 0.29) is 5.91 Å². The van der Waals surface area contributed by atoms with Gasteiger partial charge in [0.25, 0.3) is 0 Å². The zero-order chi connectivity index (χ0) is 23.0. The molecule has 0 saturated carbocycles. The number of benzene rings is 2. The molecule has 1 aliphatic rings. The second-order valence-electron chi connectivity index (χ2n) is 8.36. The molecular formula is C26H30ClN5O. The molecule has 1 amide bonds. The highest BCUT2D eigenvalue weighted by molar-refractivity contribution is 6.30. The summed E-state index contributed by atoms with van der Waals surface area (Å²) in [5.41, 5.74) is 3.17. The lowest BCUT2D eigenvalue weighted by Gasteiger charge is -2.33. The molecule has 7 heteroatoms. The molecule has 2 N–H and O–H groups in total. The van der Waals surface area contributed by atoms with E-state index in [1.165, 1.54) is 5.56 Å². The Morgan fingerprint density at radius 1 is 1.00 bits per heavy atom. The number of hydrogen-bond acceptors (Lipinski definition) is 5. The first-order chi connectivity index (χ1) is 16.1. The quantitative estimate of drug-likeness (QED) is 0.528. The number of likely N-dealkylation sites (N-methyl/N-ethyl adjacent to an activating group) is 1. The summed E-state index contributed by atoms with van der Waals surface area (Å²) in [6.07, 6.45) is 2.64. The maximum absolute atomic E-state index is 13.2. The monoisotopic (exact) mass is 463 g/mol. The summed E-state index contributed by atoms with van der Waals surface area (Å²) in [4.78, 5) is 22.3. The average Bonchev–Trinajstić information content (AvgIpc) is 2.84. The van der Waals surface area contributed by atoms with Crippen molar-refractivity contribution in [2.45, 2.75) is 12.5 Å². The van der Waals surface area contributed by atoms with Gasteiger partial charge in [-0.25, -0.2) is 4.98 Å². The van der Waals surface area contributed by atoms with Crippen LogP contribution < -0.4 is 15.5 Å². The summed E-state index contributed by atoms with van der Waals surface area (Å²) in [6.45, 7) is 4.71. The number of rotatable bonds is 8. The van der Waals surface area contributed by atoms with Gasteiger partial charge in [-0.1, -0.05) is 54.1 Å². The Balaban J connectivity index is 1.39. The van der Waals surface area contributed by atoms with Gasteiger partial charge in [0.15, 0.2) is 0 Å². The molecule has 1 saturated heterocycles. The zero-order valence-electron chi connectivity index (χ0n) is 18.9. The maximum atomic E-state index is 13.2. The SMILES string of the molecule is CN1CCN(c2ccc(NC(=O)[C@H](NCCc3ccc(Cl)cc3)c3ccccc3)nc2)CC1.